The third-order valence-electron chi connectivity index (χ3n) is 4.00. The first-order valence-corrected chi connectivity index (χ1v) is 8.03. The molecule has 3 rings (SSSR count). The normalized spacial score (nSPS) is 15.7. The van der Waals surface area contributed by atoms with Crippen LogP contribution in [0.5, 0.6) is 0 Å². The van der Waals surface area contributed by atoms with Gasteiger partial charge in [-0.2, -0.15) is 5.10 Å². The topological polar surface area (TPSA) is 76.5 Å². The molecule has 0 saturated carbocycles. The molecule has 2 aromatic rings. The Balaban J connectivity index is 1.66. The fourth-order valence-electron chi connectivity index (χ4n) is 2.64. The van der Waals surface area contributed by atoms with E-state index < -0.39 is 17.8 Å². The van der Waals surface area contributed by atoms with E-state index in [1.54, 1.807) is 30.3 Å². The van der Waals surface area contributed by atoms with Crippen molar-refractivity contribution in [3.63, 3.8) is 0 Å². The van der Waals surface area contributed by atoms with Crippen LogP contribution in [0.25, 0.3) is 5.69 Å². The van der Waals surface area contributed by atoms with Gasteiger partial charge in [-0.25, -0.2) is 9.07 Å². The second-order valence-electron chi connectivity index (χ2n) is 5.75. The number of hydrogen-bond acceptors (Lipinski definition) is 4. The van der Waals surface area contributed by atoms with E-state index in [-0.39, 0.29) is 17.2 Å². The molecule has 0 radical (unpaired) electrons. The zero-order valence-corrected chi connectivity index (χ0v) is 13.8. The summed E-state index contributed by atoms with van der Waals surface area (Å²) in [6.07, 6.45) is 3.15. The van der Waals surface area contributed by atoms with Crippen LogP contribution in [0, 0.1) is 5.82 Å². The van der Waals surface area contributed by atoms with Gasteiger partial charge < -0.3 is 15.0 Å². The van der Waals surface area contributed by atoms with Crippen molar-refractivity contribution >= 4 is 11.8 Å². The number of hydrogen-bond donors (Lipinski definition) is 1. The fraction of sp³-hybridized carbons (Fsp3) is 0.353. The van der Waals surface area contributed by atoms with Crippen molar-refractivity contribution in [2.45, 2.75) is 13.0 Å². The molecule has 0 aliphatic carbocycles. The minimum atomic E-state index is -0.695. The highest BCUT2D eigenvalue weighted by atomic mass is 19.1. The second-order valence-corrected chi connectivity index (χ2v) is 5.75. The average Bonchev–Trinajstić information content (AvgIpc) is 3.16. The summed E-state index contributed by atoms with van der Waals surface area (Å²) in [6, 6.07) is 5.10. The Hall–Kier alpha value is -2.74. The molecule has 1 aliphatic heterocycles. The van der Waals surface area contributed by atoms with Gasteiger partial charge in [0.25, 0.3) is 5.91 Å². The van der Waals surface area contributed by atoms with E-state index in [9.17, 15) is 14.0 Å². The Morgan fingerprint density at radius 3 is 2.72 bits per heavy atom. The Bertz CT molecular complexity index is 757. The molecule has 7 nitrogen and oxygen atoms in total. The van der Waals surface area contributed by atoms with Crippen molar-refractivity contribution < 1.29 is 18.7 Å². The summed E-state index contributed by atoms with van der Waals surface area (Å²) in [5.74, 6) is -1.24. The number of morpholine rings is 1. The number of halogens is 1. The van der Waals surface area contributed by atoms with Crippen LogP contribution in [0.2, 0.25) is 0 Å². The van der Waals surface area contributed by atoms with Gasteiger partial charge >= 0.3 is 0 Å². The monoisotopic (exact) mass is 346 g/mol. The lowest BCUT2D eigenvalue weighted by molar-refractivity contribution is -0.136. The van der Waals surface area contributed by atoms with Gasteiger partial charge in [0.1, 0.15) is 17.5 Å². The first-order chi connectivity index (χ1) is 12.1. The van der Waals surface area contributed by atoms with E-state index in [0.717, 1.165) is 6.07 Å². The lowest BCUT2D eigenvalue weighted by Gasteiger charge is -2.29. The predicted octanol–water partition coefficient (Wildman–Crippen LogP) is 0.988. The van der Waals surface area contributed by atoms with Crippen LogP contribution >= 0.6 is 0 Å². The SMILES string of the molecule is C[C@H](NC(=O)c1ccc(-n2cccn2)c(F)c1)C(=O)N1CCOCC1. The molecule has 0 spiro atoms. The Labute approximate surface area is 144 Å². The van der Waals surface area contributed by atoms with Crippen LogP contribution in [0.1, 0.15) is 17.3 Å². The molecular weight excluding hydrogens is 327 g/mol. The van der Waals surface area contributed by atoms with E-state index in [4.69, 9.17) is 4.74 Å². The summed E-state index contributed by atoms with van der Waals surface area (Å²) < 4.78 is 20.8. The molecule has 25 heavy (non-hydrogen) atoms. The third-order valence-corrected chi connectivity index (χ3v) is 4.00. The molecule has 1 aromatic heterocycles. The minimum Gasteiger partial charge on any atom is -0.378 e. The molecule has 0 bridgehead atoms. The molecule has 1 fully saturated rings. The molecule has 0 unspecified atom stereocenters. The number of benzene rings is 1. The van der Waals surface area contributed by atoms with Gasteiger partial charge in [0.2, 0.25) is 5.91 Å². The van der Waals surface area contributed by atoms with Gasteiger partial charge in [-0.1, -0.05) is 0 Å². The predicted molar refractivity (Wildman–Crippen MR) is 87.8 cm³/mol. The van der Waals surface area contributed by atoms with Crippen LogP contribution in [-0.2, 0) is 9.53 Å². The molecule has 8 heteroatoms. The molecule has 1 N–H and O–H groups in total. The van der Waals surface area contributed by atoms with E-state index in [2.05, 4.69) is 10.4 Å². The van der Waals surface area contributed by atoms with Crippen LogP contribution in [0.3, 0.4) is 0 Å². The Morgan fingerprint density at radius 2 is 2.08 bits per heavy atom. The van der Waals surface area contributed by atoms with Gasteiger partial charge in [-0.05, 0) is 31.2 Å². The lowest BCUT2D eigenvalue weighted by Crippen LogP contribution is -2.50. The summed E-state index contributed by atoms with van der Waals surface area (Å²) in [5, 5.41) is 6.58. The van der Waals surface area contributed by atoms with Crippen LogP contribution in [0.15, 0.2) is 36.7 Å². The molecule has 132 valence electrons. The van der Waals surface area contributed by atoms with Crippen LogP contribution in [0.4, 0.5) is 4.39 Å². The van der Waals surface area contributed by atoms with Crippen molar-refractivity contribution in [3.8, 4) is 5.69 Å². The molecule has 1 saturated heterocycles. The number of aromatic nitrogens is 2. The summed E-state index contributed by atoms with van der Waals surface area (Å²) in [5.41, 5.74) is 0.397. The number of amides is 2. The van der Waals surface area contributed by atoms with Crippen molar-refractivity contribution in [2.75, 3.05) is 26.3 Å². The number of nitrogens with one attached hydrogen (secondary N) is 1. The molecule has 1 aromatic carbocycles. The zero-order chi connectivity index (χ0) is 17.8. The zero-order valence-electron chi connectivity index (χ0n) is 13.8. The first kappa shape index (κ1) is 17.1. The van der Waals surface area contributed by atoms with Gasteiger partial charge in [0.05, 0.1) is 13.2 Å². The van der Waals surface area contributed by atoms with E-state index in [1.807, 2.05) is 0 Å². The van der Waals surface area contributed by atoms with E-state index >= 15 is 0 Å². The number of ether oxygens (including phenoxy) is 1. The van der Waals surface area contributed by atoms with Gasteiger partial charge in [0, 0.05) is 31.0 Å². The maximum absolute atomic E-state index is 14.2. The van der Waals surface area contributed by atoms with Crippen LogP contribution < -0.4 is 5.32 Å². The Morgan fingerprint density at radius 1 is 1.32 bits per heavy atom. The second kappa shape index (κ2) is 7.43. The smallest absolute Gasteiger partial charge is 0.252 e. The third kappa shape index (κ3) is 3.85. The standard InChI is InChI=1S/C17H19FN4O3/c1-12(17(24)21-7-9-25-10-8-21)20-16(23)13-3-4-15(14(18)11-13)22-6-2-5-19-22/h2-6,11-12H,7-10H2,1H3,(H,20,23)/t12-/m0/s1. The Kier molecular flexibility index (Phi) is 5.08. The average molecular weight is 346 g/mol. The number of rotatable bonds is 4. The number of carbonyl (C=O) groups is 2. The highest BCUT2D eigenvalue weighted by molar-refractivity contribution is 5.97. The maximum atomic E-state index is 14.2. The molecule has 2 heterocycles. The summed E-state index contributed by atoms with van der Waals surface area (Å²) >= 11 is 0. The van der Waals surface area contributed by atoms with Crippen molar-refractivity contribution in [1.82, 2.24) is 20.0 Å². The van der Waals surface area contributed by atoms with Crippen LogP contribution in [-0.4, -0.2) is 58.8 Å². The van der Waals surface area contributed by atoms with Gasteiger partial charge in [0.15, 0.2) is 0 Å². The maximum Gasteiger partial charge on any atom is 0.252 e. The largest absolute Gasteiger partial charge is 0.378 e. The van der Waals surface area contributed by atoms with Gasteiger partial charge in [-0.15, -0.1) is 0 Å². The molecular formula is C17H19FN4O3. The van der Waals surface area contributed by atoms with E-state index in [1.165, 1.54) is 16.8 Å². The van der Waals surface area contributed by atoms with Gasteiger partial charge in [-0.3, -0.25) is 9.59 Å². The summed E-state index contributed by atoms with van der Waals surface area (Å²) in [7, 11) is 0. The minimum absolute atomic E-state index is 0.148. The highest BCUT2D eigenvalue weighted by Crippen LogP contribution is 2.14. The first-order valence-electron chi connectivity index (χ1n) is 8.03. The molecule has 2 amide bonds. The number of carbonyl (C=O) groups excluding carboxylic acids is 2. The van der Waals surface area contributed by atoms with Crippen molar-refractivity contribution in [1.29, 1.82) is 0 Å². The lowest BCUT2D eigenvalue weighted by atomic mass is 10.1. The quantitative estimate of drug-likeness (QED) is 0.896. The molecule has 1 atom stereocenters. The molecule has 1 aliphatic rings. The summed E-state index contributed by atoms with van der Waals surface area (Å²) in [6.45, 7) is 3.61. The number of nitrogens with zero attached hydrogens (tertiary/aromatic N) is 3. The van der Waals surface area contributed by atoms with E-state index in [0.29, 0.717) is 26.3 Å². The van der Waals surface area contributed by atoms with Crippen molar-refractivity contribution in [3.05, 3.63) is 48.0 Å². The summed E-state index contributed by atoms with van der Waals surface area (Å²) in [4.78, 5) is 26.3. The highest BCUT2D eigenvalue weighted by Gasteiger charge is 2.24. The fourth-order valence-corrected chi connectivity index (χ4v) is 2.64. The van der Waals surface area contributed by atoms with Crippen molar-refractivity contribution in [2.24, 2.45) is 0 Å².